The van der Waals surface area contributed by atoms with Crippen LogP contribution in [-0.4, -0.2) is 9.97 Å². The van der Waals surface area contributed by atoms with E-state index in [9.17, 15) is 8.78 Å². The molecule has 3 aromatic rings. The number of halogens is 2. The Morgan fingerprint density at radius 1 is 1.00 bits per heavy atom. The zero-order valence-electron chi connectivity index (χ0n) is 10.6. The van der Waals surface area contributed by atoms with Crippen LogP contribution in [0.4, 0.5) is 8.78 Å². The lowest BCUT2D eigenvalue weighted by Gasteiger charge is -2.08. The molecule has 0 spiro atoms. The molecule has 20 heavy (non-hydrogen) atoms. The average molecular weight is 272 g/mol. The van der Waals surface area contributed by atoms with Crippen molar-refractivity contribution in [3.05, 3.63) is 59.9 Å². The SMILES string of the molecule is Cc1ccc2ncnc(Oc3ccc(F)cc3F)c2c1. The van der Waals surface area contributed by atoms with Gasteiger partial charge in [0.25, 0.3) is 0 Å². The van der Waals surface area contributed by atoms with Crippen LogP contribution in [0.1, 0.15) is 5.56 Å². The van der Waals surface area contributed by atoms with Crippen molar-refractivity contribution in [1.29, 1.82) is 0 Å². The summed E-state index contributed by atoms with van der Waals surface area (Å²) in [5.41, 5.74) is 1.71. The van der Waals surface area contributed by atoms with Crippen molar-refractivity contribution in [3.63, 3.8) is 0 Å². The molecule has 2 aromatic carbocycles. The monoisotopic (exact) mass is 272 g/mol. The van der Waals surface area contributed by atoms with Gasteiger partial charge in [0.05, 0.1) is 10.9 Å². The zero-order valence-corrected chi connectivity index (χ0v) is 10.6. The quantitative estimate of drug-likeness (QED) is 0.707. The third kappa shape index (κ3) is 2.30. The summed E-state index contributed by atoms with van der Waals surface area (Å²) < 4.78 is 31.9. The third-order valence-electron chi connectivity index (χ3n) is 2.85. The molecule has 1 aromatic heterocycles. The maximum Gasteiger partial charge on any atom is 0.230 e. The number of rotatable bonds is 2. The first-order valence-electron chi connectivity index (χ1n) is 5.98. The van der Waals surface area contributed by atoms with E-state index < -0.39 is 11.6 Å². The van der Waals surface area contributed by atoms with Crippen LogP contribution in [0.2, 0.25) is 0 Å². The molecule has 0 radical (unpaired) electrons. The highest BCUT2D eigenvalue weighted by molar-refractivity contribution is 5.84. The molecule has 3 rings (SSSR count). The van der Waals surface area contributed by atoms with Crippen LogP contribution < -0.4 is 4.74 Å². The fourth-order valence-corrected chi connectivity index (χ4v) is 1.89. The molecule has 0 fully saturated rings. The number of benzene rings is 2. The number of nitrogens with zero attached hydrogens (tertiary/aromatic N) is 2. The fourth-order valence-electron chi connectivity index (χ4n) is 1.89. The van der Waals surface area contributed by atoms with E-state index in [0.29, 0.717) is 10.9 Å². The minimum atomic E-state index is -0.774. The molecule has 100 valence electrons. The molecule has 0 saturated carbocycles. The van der Waals surface area contributed by atoms with Crippen LogP contribution in [0.15, 0.2) is 42.7 Å². The summed E-state index contributed by atoms with van der Waals surface area (Å²) in [5, 5.41) is 0.677. The number of aryl methyl sites for hydroxylation is 1. The lowest BCUT2D eigenvalue weighted by atomic mass is 10.2. The molecule has 0 saturated heterocycles. The van der Waals surface area contributed by atoms with E-state index in [1.807, 2.05) is 25.1 Å². The van der Waals surface area contributed by atoms with E-state index in [2.05, 4.69) is 9.97 Å². The van der Waals surface area contributed by atoms with Crippen LogP contribution in [0.5, 0.6) is 11.6 Å². The Labute approximate surface area is 113 Å². The maximum absolute atomic E-state index is 13.6. The van der Waals surface area contributed by atoms with Gasteiger partial charge in [-0.1, -0.05) is 11.6 Å². The standard InChI is InChI=1S/C15H10F2N2O/c1-9-2-4-13-11(6-9)15(19-8-18-13)20-14-5-3-10(16)7-12(14)17/h2-8H,1H3. The zero-order chi connectivity index (χ0) is 14.1. The van der Waals surface area contributed by atoms with Gasteiger partial charge in [-0.05, 0) is 31.2 Å². The summed E-state index contributed by atoms with van der Waals surface area (Å²) >= 11 is 0. The molecule has 1 heterocycles. The minimum Gasteiger partial charge on any atom is -0.435 e. The molecule has 3 nitrogen and oxygen atoms in total. The molecule has 0 amide bonds. The van der Waals surface area contributed by atoms with E-state index in [4.69, 9.17) is 4.74 Å². The van der Waals surface area contributed by atoms with E-state index in [0.717, 1.165) is 17.7 Å². The van der Waals surface area contributed by atoms with E-state index in [1.165, 1.54) is 12.4 Å². The Bertz CT molecular complexity index is 790. The minimum absolute atomic E-state index is 0.0760. The third-order valence-corrected chi connectivity index (χ3v) is 2.85. The number of ether oxygens (including phenoxy) is 1. The molecular weight excluding hydrogens is 262 g/mol. The van der Waals surface area contributed by atoms with Crippen molar-refractivity contribution in [2.75, 3.05) is 0 Å². The summed E-state index contributed by atoms with van der Waals surface area (Å²) in [4.78, 5) is 8.13. The maximum atomic E-state index is 13.6. The summed E-state index contributed by atoms with van der Waals surface area (Å²) in [6, 6.07) is 8.73. The number of hydrogen-bond donors (Lipinski definition) is 0. The highest BCUT2D eigenvalue weighted by Crippen LogP contribution is 2.29. The van der Waals surface area contributed by atoms with Crippen LogP contribution >= 0.6 is 0 Å². The van der Waals surface area contributed by atoms with Crippen molar-refractivity contribution in [2.45, 2.75) is 6.92 Å². The number of aromatic nitrogens is 2. The first-order valence-corrected chi connectivity index (χ1v) is 5.98. The Kier molecular flexibility index (Phi) is 3.02. The van der Waals surface area contributed by atoms with E-state index >= 15 is 0 Å². The van der Waals surface area contributed by atoms with Crippen LogP contribution in [0, 0.1) is 18.6 Å². The molecule has 0 aliphatic heterocycles. The van der Waals surface area contributed by atoms with Gasteiger partial charge in [-0.25, -0.2) is 18.7 Å². The molecule has 0 atom stereocenters. The summed E-state index contributed by atoms with van der Waals surface area (Å²) in [7, 11) is 0. The van der Waals surface area contributed by atoms with Gasteiger partial charge in [-0.15, -0.1) is 0 Å². The second-order valence-corrected chi connectivity index (χ2v) is 4.38. The Morgan fingerprint density at radius 3 is 2.65 bits per heavy atom. The molecular formula is C15H10F2N2O. The van der Waals surface area contributed by atoms with Crippen molar-refractivity contribution >= 4 is 10.9 Å². The van der Waals surface area contributed by atoms with Gasteiger partial charge in [-0.3, -0.25) is 0 Å². The smallest absolute Gasteiger partial charge is 0.230 e. The Balaban J connectivity index is 2.08. The van der Waals surface area contributed by atoms with Crippen LogP contribution in [0.3, 0.4) is 0 Å². The summed E-state index contributed by atoms with van der Waals surface area (Å²) in [6.45, 7) is 1.93. The van der Waals surface area contributed by atoms with Crippen LogP contribution in [0.25, 0.3) is 10.9 Å². The predicted octanol–water partition coefficient (Wildman–Crippen LogP) is 4.01. The van der Waals surface area contributed by atoms with E-state index in [-0.39, 0.29) is 11.6 Å². The van der Waals surface area contributed by atoms with Gasteiger partial charge in [-0.2, -0.15) is 0 Å². The van der Waals surface area contributed by atoms with Crippen molar-refractivity contribution in [1.82, 2.24) is 9.97 Å². The van der Waals surface area contributed by atoms with Gasteiger partial charge in [0, 0.05) is 6.07 Å². The average Bonchev–Trinajstić information content (AvgIpc) is 2.42. The predicted molar refractivity (Wildman–Crippen MR) is 70.7 cm³/mol. The number of fused-ring (bicyclic) bond motifs is 1. The van der Waals surface area contributed by atoms with Crippen LogP contribution in [-0.2, 0) is 0 Å². The largest absolute Gasteiger partial charge is 0.435 e. The summed E-state index contributed by atoms with van der Waals surface area (Å²) in [6.07, 6.45) is 1.34. The van der Waals surface area contributed by atoms with Gasteiger partial charge >= 0.3 is 0 Å². The normalized spacial score (nSPS) is 10.8. The fraction of sp³-hybridized carbons (Fsp3) is 0.0667. The van der Waals surface area contributed by atoms with Gasteiger partial charge in [0.15, 0.2) is 11.6 Å². The van der Waals surface area contributed by atoms with Gasteiger partial charge < -0.3 is 4.74 Å². The molecule has 0 aliphatic carbocycles. The topological polar surface area (TPSA) is 35.0 Å². The first-order chi connectivity index (χ1) is 9.63. The Morgan fingerprint density at radius 2 is 1.85 bits per heavy atom. The highest BCUT2D eigenvalue weighted by Gasteiger charge is 2.10. The number of hydrogen-bond acceptors (Lipinski definition) is 3. The van der Waals surface area contributed by atoms with E-state index in [1.54, 1.807) is 0 Å². The molecule has 0 aliphatic rings. The summed E-state index contributed by atoms with van der Waals surface area (Å²) in [5.74, 6) is -1.26. The second-order valence-electron chi connectivity index (χ2n) is 4.38. The first kappa shape index (κ1) is 12.5. The van der Waals surface area contributed by atoms with Crippen molar-refractivity contribution in [2.24, 2.45) is 0 Å². The lowest BCUT2D eigenvalue weighted by molar-refractivity contribution is 0.427. The molecule has 0 bridgehead atoms. The van der Waals surface area contributed by atoms with Gasteiger partial charge in [0.2, 0.25) is 5.88 Å². The van der Waals surface area contributed by atoms with Gasteiger partial charge in [0.1, 0.15) is 12.1 Å². The molecule has 0 unspecified atom stereocenters. The molecule has 5 heteroatoms. The lowest BCUT2D eigenvalue weighted by Crippen LogP contribution is -1.94. The van der Waals surface area contributed by atoms with Crippen molar-refractivity contribution in [3.8, 4) is 11.6 Å². The highest BCUT2D eigenvalue weighted by atomic mass is 19.1. The Hall–Kier alpha value is -2.56. The molecule has 0 N–H and O–H groups in total. The second kappa shape index (κ2) is 4.85. The van der Waals surface area contributed by atoms with Crippen molar-refractivity contribution < 1.29 is 13.5 Å².